The lowest BCUT2D eigenvalue weighted by Gasteiger charge is -2.25. The second-order valence-corrected chi connectivity index (χ2v) is 6.49. The molecule has 0 spiro atoms. The number of benzene rings is 1. The van der Waals surface area contributed by atoms with Gasteiger partial charge in [0.2, 0.25) is 0 Å². The van der Waals surface area contributed by atoms with Gasteiger partial charge in [-0.1, -0.05) is 55.5 Å². The number of amides is 2. The molecule has 0 unspecified atom stereocenters. The van der Waals surface area contributed by atoms with E-state index in [9.17, 15) is 14.7 Å². The molecule has 2 aromatic rings. The van der Waals surface area contributed by atoms with E-state index in [1.54, 1.807) is 6.20 Å². The summed E-state index contributed by atoms with van der Waals surface area (Å²) in [5.41, 5.74) is 0.00772. The lowest BCUT2D eigenvalue weighted by molar-refractivity contribution is -0.136. The van der Waals surface area contributed by atoms with Crippen LogP contribution in [0.5, 0.6) is 0 Å². The van der Waals surface area contributed by atoms with Crippen LogP contribution in [0.2, 0.25) is 0 Å². The van der Waals surface area contributed by atoms with Gasteiger partial charge in [0.25, 0.3) is 0 Å². The molecule has 0 saturated heterocycles. The fraction of sp³-hybridized carbons (Fsp3) is 0.353. The highest BCUT2D eigenvalue weighted by molar-refractivity contribution is 7.19. The smallest absolute Gasteiger partial charge is 0.315 e. The number of thiazole rings is 1. The molecular formula is C17H21N3O3S. The highest BCUT2D eigenvalue weighted by atomic mass is 32.1. The van der Waals surface area contributed by atoms with E-state index >= 15 is 0 Å². The van der Waals surface area contributed by atoms with Gasteiger partial charge < -0.3 is 10.4 Å². The third-order valence-electron chi connectivity index (χ3n) is 3.88. The van der Waals surface area contributed by atoms with Gasteiger partial charge in [-0.15, -0.1) is 0 Å². The molecule has 1 aromatic carbocycles. The average Bonchev–Trinajstić information content (AvgIpc) is 3.08. The summed E-state index contributed by atoms with van der Waals surface area (Å²) in [7, 11) is 0. The lowest BCUT2D eigenvalue weighted by atomic mass is 9.98. The Bertz CT molecular complexity index is 696. The van der Waals surface area contributed by atoms with Gasteiger partial charge >= 0.3 is 11.8 Å². The molecule has 7 heteroatoms. The Hall–Kier alpha value is -2.25. The van der Waals surface area contributed by atoms with Gasteiger partial charge in [0, 0.05) is 12.7 Å². The number of nitrogens with zero attached hydrogens (tertiary/aromatic N) is 1. The summed E-state index contributed by atoms with van der Waals surface area (Å²) in [6, 6.07) is 9.66. The fourth-order valence-electron chi connectivity index (χ4n) is 2.05. The van der Waals surface area contributed by atoms with Gasteiger partial charge in [-0.2, -0.15) is 0 Å². The summed E-state index contributed by atoms with van der Waals surface area (Å²) in [4.78, 5) is 28.8. The number of anilines is 1. The Balaban J connectivity index is 1.93. The first kappa shape index (κ1) is 18.1. The molecule has 24 heavy (non-hydrogen) atoms. The molecule has 2 rings (SSSR count). The molecule has 128 valence electrons. The number of carbonyl (C=O) groups is 2. The largest absolute Gasteiger partial charge is 0.388 e. The van der Waals surface area contributed by atoms with Crippen LogP contribution in [-0.4, -0.2) is 34.1 Å². The molecule has 0 aliphatic heterocycles. The predicted molar refractivity (Wildman–Crippen MR) is 94.7 cm³/mol. The topological polar surface area (TPSA) is 91.3 Å². The zero-order chi connectivity index (χ0) is 17.6. The number of hydrogen-bond donors (Lipinski definition) is 3. The Labute approximate surface area is 144 Å². The standard InChI is InChI=1S/C17H21N3O3S/c1-3-17(23,4-2)11-19-14(21)15(22)20-16-18-10-13(24-16)12-8-6-5-7-9-12/h5-10,23H,3-4,11H2,1-2H3,(H,19,21)(H,18,20,22). The molecule has 0 saturated carbocycles. The number of carbonyl (C=O) groups excluding carboxylic acids is 2. The van der Waals surface area contributed by atoms with Crippen molar-refractivity contribution in [1.29, 1.82) is 0 Å². The minimum Gasteiger partial charge on any atom is -0.388 e. The van der Waals surface area contributed by atoms with E-state index in [0.717, 1.165) is 10.4 Å². The van der Waals surface area contributed by atoms with Crippen molar-refractivity contribution in [1.82, 2.24) is 10.3 Å². The van der Waals surface area contributed by atoms with Crippen molar-refractivity contribution >= 4 is 28.3 Å². The van der Waals surface area contributed by atoms with Gasteiger partial charge in [-0.3, -0.25) is 14.9 Å². The Morgan fingerprint density at radius 1 is 1.17 bits per heavy atom. The van der Waals surface area contributed by atoms with Crippen LogP contribution in [0.4, 0.5) is 5.13 Å². The molecule has 0 bridgehead atoms. The van der Waals surface area contributed by atoms with Gasteiger partial charge in [-0.05, 0) is 18.4 Å². The van der Waals surface area contributed by atoms with Crippen molar-refractivity contribution < 1.29 is 14.7 Å². The summed E-state index contributed by atoms with van der Waals surface area (Å²) in [5.74, 6) is -1.58. The summed E-state index contributed by atoms with van der Waals surface area (Å²) in [6.45, 7) is 3.70. The molecule has 0 radical (unpaired) electrons. The zero-order valence-corrected chi connectivity index (χ0v) is 14.5. The highest BCUT2D eigenvalue weighted by Crippen LogP contribution is 2.28. The van der Waals surface area contributed by atoms with E-state index in [2.05, 4.69) is 15.6 Å². The van der Waals surface area contributed by atoms with E-state index in [-0.39, 0.29) is 6.54 Å². The van der Waals surface area contributed by atoms with E-state index < -0.39 is 17.4 Å². The monoisotopic (exact) mass is 347 g/mol. The normalized spacial score (nSPS) is 11.1. The molecule has 1 aromatic heterocycles. The summed E-state index contributed by atoms with van der Waals surface area (Å²) < 4.78 is 0. The minimum atomic E-state index is -0.988. The first-order valence-corrected chi connectivity index (χ1v) is 8.62. The Kier molecular flexibility index (Phi) is 6.05. The molecule has 0 aliphatic rings. The highest BCUT2D eigenvalue weighted by Gasteiger charge is 2.25. The van der Waals surface area contributed by atoms with Gasteiger partial charge in [0.05, 0.1) is 10.5 Å². The SMILES string of the molecule is CCC(O)(CC)CNC(=O)C(=O)Nc1ncc(-c2ccccc2)s1. The van der Waals surface area contributed by atoms with Crippen molar-refractivity contribution in [3.05, 3.63) is 36.5 Å². The third-order valence-corrected chi connectivity index (χ3v) is 4.85. The van der Waals surface area contributed by atoms with Crippen molar-refractivity contribution in [2.45, 2.75) is 32.3 Å². The molecule has 3 N–H and O–H groups in total. The van der Waals surface area contributed by atoms with E-state index in [4.69, 9.17) is 0 Å². The molecule has 6 nitrogen and oxygen atoms in total. The minimum absolute atomic E-state index is 0.0411. The molecule has 0 fully saturated rings. The molecule has 1 heterocycles. The van der Waals surface area contributed by atoms with Crippen molar-refractivity contribution in [2.24, 2.45) is 0 Å². The first-order valence-electron chi connectivity index (χ1n) is 7.80. The average molecular weight is 347 g/mol. The van der Waals surface area contributed by atoms with Crippen LogP contribution in [0.3, 0.4) is 0 Å². The lowest BCUT2D eigenvalue weighted by Crippen LogP contribution is -2.45. The van der Waals surface area contributed by atoms with Crippen molar-refractivity contribution in [3.63, 3.8) is 0 Å². The molecule has 0 aliphatic carbocycles. The number of aromatic nitrogens is 1. The predicted octanol–water partition coefficient (Wildman–Crippen LogP) is 2.42. The van der Waals surface area contributed by atoms with Crippen LogP contribution < -0.4 is 10.6 Å². The van der Waals surface area contributed by atoms with Crippen LogP contribution in [0.25, 0.3) is 10.4 Å². The summed E-state index contributed by atoms with van der Waals surface area (Å²) in [5, 5.41) is 15.4. The Morgan fingerprint density at radius 3 is 2.46 bits per heavy atom. The van der Waals surface area contributed by atoms with Crippen LogP contribution in [0, 0.1) is 0 Å². The van der Waals surface area contributed by atoms with Crippen molar-refractivity contribution in [3.8, 4) is 10.4 Å². The number of hydrogen-bond acceptors (Lipinski definition) is 5. The van der Waals surface area contributed by atoms with Crippen molar-refractivity contribution in [2.75, 3.05) is 11.9 Å². The third kappa shape index (κ3) is 4.62. The maximum Gasteiger partial charge on any atom is 0.315 e. The summed E-state index contributed by atoms with van der Waals surface area (Å²) >= 11 is 1.29. The zero-order valence-electron chi connectivity index (χ0n) is 13.7. The quantitative estimate of drug-likeness (QED) is 0.700. The van der Waals surface area contributed by atoms with Crippen LogP contribution in [-0.2, 0) is 9.59 Å². The van der Waals surface area contributed by atoms with Gasteiger partial charge in [0.1, 0.15) is 0 Å². The van der Waals surface area contributed by atoms with Crippen LogP contribution >= 0.6 is 11.3 Å². The second-order valence-electron chi connectivity index (χ2n) is 5.46. The number of rotatable bonds is 6. The first-order chi connectivity index (χ1) is 11.5. The molecular weight excluding hydrogens is 326 g/mol. The maximum atomic E-state index is 11.9. The number of aliphatic hydroxyl groups is 1. The van der Waals surface area contributed by atoms with Crippen LogP contribution in [0.15, 0.2) is 36.5 Å². The Morgan fingerprint density at radius 2 is 1.83 bits per heavy atom. The van der Waals surface area contributed by atoms with Gasteiger partial charge in [0.15, 0.2) is 5.13 Å². The second kappa shape index (κ2) is 8.03. The molecule has 0 atom stereocenters. The maximum absolute atomic E-state index is 11.9. The van der Waals surface area contributed by atoms with E-state index in [0.29, 0.717) is 18.0 Å². The molecule has 2 amide bonds. The fourth-order valence-corrected chi connectivity index (χ4v) is 2.86. The number of nitrogens with one attached hydrogen (secondary N) is 2. The van der Waals surface area contributed by atoms with Gasteiger partial charge in [-0.25, -0.2) is 4.98 Å². The van der Waals surface area contributed by atoms with E-state index in [1.807, 2.05) is 44.2 Å². The van der Waals surface area contributed by atoms with Crippen LogP contribution in [0.1, 0.15) is 26.7 Å². The summed E-state index contributed by atoms with van der Waals surface area (Å²) in [6.07, 6.45) is 2.65. The van der Waals surface area contributed by atoms with E-state index in [1.165, 1.54) is 11.3 Å².